The van der Waals surface area contributed by atoms with E-state index in [0.717, 1.165) is 56.4 Å². The number of primary amides is 1. The summed E-state index contributed by atoms with van der Waals surface area (Å²) in [7, 11) is -7.85. The Balaban J connectivity index is 0.000000322. The van der Waals surface area contributed by atoms with E-state index in [1.807, 2.05) is 24.3 Å². The highest BCUT2D eigenvalue weighted by atomic mass is 32.2. The summed E-state index contributed by atoms with van der Waals surface area (Å²) in [5, 5.41) is 30.4. The molecule has 3 aromatic carbocycles. The molecule has 3 aromatic rings. The van der Waals surface area contributed by atoms with E-state index in [2.05, 4.69) is 45.9 Å². The van der Waals surface area contributed by atoms with Crippen LogP contribution in [0.5, 0.6) is 11.5 Å². The summed E-state index contributed by atoms with van der Waals surface area (Å²) in [6.07, 6.45) is 8.29. The number of hydrogen-bond donors (Lipinski definition) is 9. The van der Waals surface area contributed by atoms with Crippen LogP contribution in [0.25, 0.3) is 0 Å². The van der Waals surface area contributed by atoms with Crippen molar-refractivity contribution in [2.45, 2.75) is 90.4 Å². The first-order chi connectivity index (χ1) is 28.5. The Bertz CT molecular complexity index is 2000. The number of nitrogen functional groups attached to an aromatic ring is 2. The second-order valence-electron chi connectivity index (χ2n) is 15.9. The number of aryl methyl sites for hydroxylation is 1. The van der Waals surface area contributed by atoms with Gasteiger partial charge in [-0.05, 0) is 127 Å². The quantitative estimate of drug-likeness (QED) is 0.0400. The number of amidine groups is 2. The summed E-state index contributed by atoms with van der Waals surface area (Å²) < 4.78 is 65.5. The number of aliphatic hydroxyl groups excluding tert-OH is 2. The Kier molecular flexibility index (Phi) is 20.8. The molecule has 0 heterocycles. The van der Waals surface area contributed by atoms with Crippen LogP contribution in [-0.4, -0.2) is 91.7 Å². The molecular formula is C43H65N5O11S2. The van der Waals surface area contributed by atoms with Gasteiger partial charge in [0.2, 0.25) is 5.91 Å². The molecule has 1 fully saturated rings. The van der Waals surface area contributed by atoms with Crippen molar-refractivity contribution in [1.82, 2.24) is 0 Å². The Morgan fingerprint density at radius 2 is 1.21 bits per heavy atom. The Morgan fingerprint density at radius 1 is 0.754 bits per heavy atom. The summed E-state index contributed by atoms with van der Waals surface area (Å²) in [5.41, 5.74) is 22.2. The molecule has 2 aliphatic rings. The molecular weight excluding hydrogens is 827 g/mol. The van der Waals surface area contributed by atoms with Gasteiger partial charge >= 0.3 is 0 Å². The second-order valence-corrected chi connectivity index (χ2v) is 19.0. The van der Waals surface area contributed by atoms with E-state index in [-0.39, 0.29) is 28.4 Å². The third-order valence-electron chi connectivity index (χ3n) is 11.0. The topological polar surface area (TPSA) is 310 Å². The van der Waals surface area contributed by atoms with Gasteiger partial charge in [0.15, 0.2) is 0 Å². The Labute approximate surface area is 360 Å². The number of nitrogens with one attached hydrogen (secondary N) is 2. The number of fused-ring (bicyclic) bond motifs is 3. The fourth-order valence-corrected chi connectivity index (χ4v) is 8.08. The minimum atomic E-state index is -3.92. The number of aliphatic hydroxyl groups is 2. The van der Waals surface area contributed by atoms with Crippen molar-refractivity contribution in [2.24, 2.45) is 28.5 Å². The van der Waals surface area contributed by atoms with Crippen LogP contribution in [0.15, 0.2) is 66.7 Å². The zero-order chi connectivity index (χ0) is 46.0. The molecule has 5 rings (SSSR count). The molecule has 16 nitrogen and oxygen atoms in total. The summed E-state index contributed by atoms with van der Waals surface area (Å²) >= 11 is 0. The van der Waals surface area contributed by atoms with Gasteiger partial charge in [-0.1, -0.05) is 52.3 Å². The molecule has 18 heteroatoms. The lowest BCUT2D eigenvalue weighted by molar-refractivity contribution is -0.135. The fraction of sp³-hybridized carbons (Fsp3) is 0.512. The highest BCUT2D eigenvalue weighted by molar-refractivity contribution is 7.86. The number of rotatable bonds is 16. The van der Waals surface area contributed by atoms with Crippen molar-refractivity contribution < 1.29 is 50.4 Å². The van der Waals surface area contributed by atoms with Gasteiger partial charge < -0.3 is 36.9 Å². The third kappa shape index (κ3) is 17.4. The third-order valence-corrected chi connectivity index (χ3v) is 12.4. The van der Waals surface area contributed by atoms with E-state index in [1.165, 1.54) is 23.1 Å². The molecule has 1 amide bonds. The van der Waals surface area contributed by atoms with Crippen LogP contribution < -0.4 is 26.7 Å². The molecule has 0 bridgehead atoms. The summed E-state index contributed by atoms with van der Waals surface area (Å²) in [5.74, 6) is 1.37. The number of carbonyl (C=O) groups excluding carboxylic acids is 1. The van der Waals surface area contributed by atoms with Crippen LogP contribution in [0.1, 0.15) is 106 Å². The zero-order valence-corrected chi connectivity index (χ0v) is 37.2. The van der Waals surface area contributed by atoms with E-state index in [4.69, 9.17) is 56.8 Å². The number of hydrogen-bond acceptors (Lipinski definition) is 11. The predicted molar refractivity (Wildman–Crippen MR) is 238 cm³/mol. The van der Waals surface area contributed by atoms with Crippen molar-refractivity contribution in [3.8, 4) is 11.5 Å². The smallest absolute Gasteiger partial charge is 0.267 e. The predicted octanol–water partition coefficient (Wildman–Crippen LogP) is 4.92. The van der Waals surface area contributed by atoms with E-state index in [9.17, 15) is 21.6 Å². The normalized spacial score (nSPS) is 19.2. The highest BCUT2D eigenvalue weighted by Crippen LogP contribution is 2.57. The van der Waals surface area contributed by atoms with Gasteiger partial charge in [0.05, 0.1) is 37.9 Å². The Morgan fingerprint density at radius 3 is 1.57 bits per heavy atom. The number of ether oxygens (including phenoxy) is 2. The molecule has 0 aliphatic heterocycles. The van der Waals surface area contributed by atoms with Crippen molar-refractivity contribution >= 4 is 37.8 Å². The van der Waals surface area contributed by atoms with Gasteiger partial charge in [-0.3, -0.25) is 24.7 Å². The maximum absolute atomic E-state index is 12.2. The fourth-order valence-electron chi connectivity index (χ4n) is 7.62. The molecule has 3 unspecified atom stereocenters. The van der Waals surface area contributed by atoms with Crippen LogP contribution in [0.4, 0.5) is 0 Å². The average Bonchev–Trinajstić information content (AvgIpc) is 3.17. The molecule has 12 N–H and O–H groups in total. The Hall–Kier alpha value is -4.59. The molecule has 0 spiro atoms. The van der Waals surface area contributed by atoms with Crippen LogP contribution in [-0.2, 0) is 36.9 Å². The minimum absolute atomic E-state index is 0.0579. The van der Waals surface area contributed by atoms with E-state index >= 15 is 0 Å². The van der Waals surface area contributed by atoms with Gasteiger partial charge in [-0.2, -0.15) is 16.8 Å². The van der Waals surface area contributed by atoms with Crippen molar-refractivity contribution in [2.75, 3.05) is 37.9 Å². The van der Waals surface area contributed by atoms with Gasteiger partial charge in [-0.15, -0.1) is 0 Å². The van der Waals surface area contributed by atoms with Crippen molar-refractivity contribution in [3.05, 3.63) is 94.5 Å². The van der Waals surface area contributed by atoms with Crippen LogP contribution in [0.2, 0.25) is 0 Å². The van der Waals surface area contributed by atoms with Crippen LogP contribution >= 0.6 is 0 Å². The van der Waals surface area contributed by atoms with Gasteiger partial charge in [-0.25, -0.2) is 0 Å². The molecule has 2 aliphatic carbocycles. The molecule has 3 atom stereocenters. The monoisotopic (exact) mass is 891 g/mol. The summed E-state index contributed by atoms with van der Waals surface area (Å²) in [4.78, 5) is 12.2. The summed E-state index contributed by atoms with van der Waals surface area (Å²) in [6, 6.07) is 21.4. The second kappa shape index (κ2) is 24.2. The molecule has 0 aromatic heterocycles. The minimum Gasteiger partial charge on any atom is -0.494 e. The first-order valence-corrected chi connectivity index (χ1v) is 23.4. The van der Waals surface area contributed by atoms with Gasteiger partial charge in [0, 0.05) is 16.5 Å². The van der Waals surface area contributed by atoms with E-state index < -0.39 is 45.0 Å². The van der Waals surface area contributed by atoms with Gasteiger partial charge in [0.25, 0.3) is 20.2 Å². The zero-order valence-electron chi connectivity index (χ0n) is 35.6. The van der Waals surface area contributed by atoms with Gasteiger partial charge in [0.1, 0.15) is 23.2 Å². The van der Waals surface area contributed by atoms with Crippen molar-refractivity contribution in [1.29, 1.82) is 10.8 Å². The SMILES string of the molecule is CC(C)c1ccc2c(c1)CCC1C(C)(C(N)=O)CCCC21C.N=C(N)c1ccc(OCCCCCOc2ccc(C(=N)N)cc2)cc1.O=S(=O)(O)CCO.O=S(=O)(O)CCO. The first-order valence-electron chi connectivity index (χ1n) is 20.2. The van der Waals surface area contributed by atoms with E-state index in [0.29, 0.717) is 36.2 Å². The lowest BCUT2D eigenvalue weighted by atomic mass is 9.49. The number of amides is 1. The maximum Gasteiger partial charge on any atom is 0.267 e. The van der Waals surface area contributed by atoms with Crippen molar-refractivity contribution in [3.63, 3.8) is 0 Å². The molecule has 1 saturated carbocycles. The summed E-state index contributed by atoms with van der Waals surface area (Å²) in [6.45, 7) is 9.20. The van der Waals surface area contributed by atoms with Crippen LogP contribution in [0, 0.1) is 22.2 Å². The standard InChI is InChI=1S/C20H29NO.C19H24N4O2.2C2H6O4S/c1-13(2)14-6-8-16-15(12-14)7-9-17-19(16,3)10-5-11-20(17,4)18(21)22;20-18(21)14-4-8-16(9-5-14)24-12-2-1-3-13-25-17-10-6-15(7-11-17)19(22)23;2*3-1-2-7(4,5)6/h6,8,12-13,17H,5,7,9-11H2,1-4H3,(H2,21,22);4-11H,1-3,12-13H2,(H3,20,21)(H3,22,23);2*3H,1-2H2,(H,4,5,6). The highest BCUT2D eigenvalue weighted by Gasteiger charge is 2.54. The average molecular weight is 892 g/mol. The lowest BCUT2D eigenvalue weighted by Gasteiger charge is -2.54. The number of unbranched alkanes of at least 4 members (excludes halogenated alkanes) is 2. The van der Waals surface area contributed by atoms with Crippen LogP contribution in [0.3, 0.4) is 0 Å². The molecule has 340 valence electrons. The maximum atomic E-state index is 12.2. The first kappa shape index (κ1) is 52.5. The number of nitrogens with two attached hydrogens (primary N) is 3. The largest absolute Gasteiger partial charge is 0.494 e. The number of carbonyl (C=O) groups is 1. The number of benzene rings is 3. The molecule has 0 radical (unpaired) electrons. The molecule has 0 saturated heterocycles. The van der Waals surface area contributed by atoms with E-state index in [1.54, 1.807) is 24.3 Å². The molecule has 61 heavy (non-hydrogen) atoms. The lowest BCUT2D eigenvalue weighted by Crippen LogP contribution is -2.54.